The van der Waals surface area contributed by atoms with Crippen molar-refractivity contribution >= 4 is 11.1 Å². The SMILES string of the molecule is CCCCC(CC)COc1ccc(C(C)=C(C)C(C)=C(C)c2ccccc2)cc1. The Morgan fingerprint density at radius 2 is 1.31 bits per heavy atom. The fourth-order valence-corrected chi connectivity index (χ4v) is 3.60. The van der Waals surface area contributed by atoms with Crippen LogP contribution in [0.15, 0.2) is 65.7 Å². The van der Waals surface area contributed by atoms with E-state index < -0.39 is 0 Å². The summed E-state index contributed by atoms with van der Waals surface area (Å²) in [5.41, 5.74) is 7.88. The molecule has 0 aromatic heterocycles. The molecule has 0 aliphatic carbocycles. The van der Waals surface area contributed by atoms with E-state index in [-0.39, 0.29) is 0 Å². The molecule has 0 spiro atoms. The predicted octanol–water partition coefficient (Wildman–Crippen LogP) is 8.57. The summed E-state index contributed by atoms with van der Waals surface area (Å²) >= 11 is 0. The molecule has 0 heterocycles. The van der Waals surface area contributed by atoms with E-state index in [0.29, 0.717) is 5.92 Å². The second-order valence-electron chi connectivity index (χ2n) is 8.12. The second kappa shape index (κ2) is 11.7. The molecule has 2 rings (SSSR count). The highest BCUT2D eigenvalue weighted by Crippen LogP contribution is 2.29. The Balaban J connectivity index is 2.11. The maximum atomic E-state index is 6.07. The van der Waals surface area contributed by atoms with Crippen molar-refractivity contribution in [2.45, 2.75) is 67.2 Å². The fourth-order valence-electron chi connectivity index (χ4n) is 3.60. The molecule has 0 aliphatic rings. The molecule has 156 valence electrons. The molecule has 2 aromatic carbocycles. The molecule has 0 saturated carbocycles. The largest absolute Gasteiger partial charge is 0.493 e. The van der Waals surface area contributed by atoms with Gasteiger partial charge in [-0.2, -0.15) is 0 Å². The fraction of sp³-hybridized carbons (Fsp3) is 0.429. The van der Waals surface area contributed by atoms with Crippen LogP contribution in [0, 0.1) is 5.92 Å². The van der Waals surface area contributed by atoms with Crippen LogP contribution in [0.3, 0.4) is 0 Å². The number of ether oxygens (including phenoxy) is 1. The molecular weight excluding hydrogens is 352 g/mol. The summed E-state index contributed by atoms with van der Waals surface area (Å²) in [6.07, 6.45) is 5.00. The molecular formula is C28H38O. The average Bonchev–Trinajstić information content (AvgIpc) is 2.78. The number of benzene rings is 2. The van der Waals surface area contributed by atoms with Crippen molar-refractivity contribution < 1.29 is 4.74 Å². The number of allylic oxidation sites excluding steroid dienone is 4. The predicted molar refractivity (Wildman–Crippen MR) is 128 cm³/mol. The van der Waals surface area contributed by atoms with Gasteiger partial charge in [-0.15, -0.1) is 0 Å². The highest BCUT2D eigenvalue weighted by atomic mass is 16.5. The van der Waals surface area contributed by atoms with Crippen LogP contribution in [0.4, 0.5) is 0 Å². The lowest BCUT2D eigenvalue weighted by Gasteiger charge is -2.16. The Morgan fingerprint density at radius 1 is 0.759 bits per heavy atom. The van der Waals surface area contributed by atoms with E-state index in [9.17, 15) is 0 Å². The van der Waals surface area contributed by atoms with Crippen molar-refractivity contribution in [1.29, 1.82) is 0 Å². The Bertz CT molecular complexity index is 809. The summed E-state index contributed by atoms with van der Waals surface area (Å²) < 4.78 is 6.07. The summed E-state index contributed by atoms with van der Waals surface area (Å²) in [7, 11) is 0. The zero-order valence-corrected chi connectivity index (χ0v) is 19.2. The molecule has 0 saturated heterocycles. The van der Waals surface area contributed by atoms with E-state index >= 15 is 0 Å². The lowest BCUT2D eigenvalue weighted by Crippen LogP contribution is -2.11. The van der Waals surface area contributed by atoms with Crippen molar-refractivity contribution in [3.8, 4) is 5.75 Å². The molecule has 0 aliphatic heterocycles. The van der Waals surface area contributed by atoms with E-state index in [2.05, 4.69) is 96.1 Å². The maximum absolute atomic E-state index is 6.07. The molecule has 1 nitrogen and oxygen atoms in total. The third-order valence-electron chi connectivity index (χ3n) is 6.21. The minimum atomic E-state index is 0.659. The standard InChI is InChI=1S/C28H38O/c1-7-9-13-25(8-2)20-29-28-18-16-27(17-19-28)24(6)22(4)21(3)23(5)26-14-11-10-12-15-26/h10-12,14-19,25H,7-9,13,20H2,1-6H3. The van der Waals surface area contributed by atoms with E-state index in [1.54, 1.807) is 0 Å². The van der Waals surface area contributed by atoms with Crippen molar-refractivity contribution in [3.63, 3.8) is 0 Å². The zero-order chi connectivity index (χ0) is 21.2. The topological polar surface area (TPSA) is 9.23 Å². The first-order valence-corrected chi connectivity index (χ1v) is 11.1. The highest BCUT2D eigenvalue weighted by Gasteiger charge is 2.09. The Kier molecular flexibility index (Phi) is 9.25. The van der Waals surface area contributed by atoms with Gasteiger partial charge in [0.05, 0.1) is 6.61 Å². The maximum Gasteiger partial charge on any atom is 0.119 e. The van der Waals surface area contributed by atoms with Gasteiger partial charge in [0.25, 0.3) is 0 Å². The Hall–Kier alpha value is -2.28. The first-order valence-electron chi connectivity index (χ1n) is 11.1. The van der Waals surface area contributed by atoms with Crippen LogP contribution < -0.4 is 4.74 Å². The molecule has 0 N–H and O–H groups in total. The average molecular weight is 391 g/mol. The molecule has 0 amide bonds. The number of hydrogen-bond donors (Lipinski definition) is 0. The minimum absolute atomic E-state index is 0.659. The van der Waals surface area contributed by atoms with Gasteiger partial charge >= 0.3 is 0 Å². The van der Waals surface area contributed by atoms with Crippen molar-refractivity contribution in [2.24, 2.45) is 5.92 Å². The quantitative estimate of drug-likeness (QED) is 0.369. The van der Waals surface area contributed by atoms with Crippen LogP contribution >= 0.6 is 0 Å². The van der Waals surface area contributed by atoms with Crippen molar-refractivity contribution in [3.05, 3.63) is 76.9 Å². The van der Waals surface area contributed by atoms with Crippen LogP contribution in [0.2, 0.25) is 0 Å². The third-order valence-corrected chi connectivity index (χ3v) is 6.21. The van der Waals surface area contributed by atoms with E-state index in [0.717, 1.165) is 12.4 Å². The smallest absolute Gasteiger partial charge is 0.119 e. The summed E-state index contributed by atoms with van der Waals surface area (Å²) in [5, 5.41) is 0. The lowest BCUT2D eigenvalue weighted by molar-refractivity contribution is 0.233. The van der Waals surface area contributed by atoms with E-state index in [1.807, 2.05) is 0 Å². The van der Waals surface area contributed by atoms with Gasteiger partial charge in [0.1, 0.15) is 5.75 Å². The van der Waals surface area contributed by atoms with Crippen LogP contribution in [-0.4, -0.2) is 6.61 Å². The van der Waals surface area contributed by atoms with Crippen LogP contribution in [0.25, 0.3) is 11.1 Å². The molecule has 0 bridgehead atoms. The van der Waals surface area contributed by atoms with Crippen molar-refractivity contribution in [2.75, 3.05) is 6.61 Å². The van der Waals surface area contributed by atoms with Gasteiger partial charge in [-0.1, -0.05) is 75.6 Å². The van der Waals surface area contributed by atoms with Gasteiger partial charge in [-0.25, -0.2) is 0 Å². The number of unbranched alkanes of at least 4 members (excludes halogenated alkanes) is 1. The molecule has 29 heavy (non-hydrogen) atoms. The van der Waals surface area contributed by atoms with Gasteiger partial charge < -0.3 is 4.74 Å². The highest BCUT2D eigenvalue weighted by molar-refractivity contribution is 5.77. The molecule has 1 unspecified atom stereocenters. The molecule has 0 fully saturated rings. The normalized spacial score (nSPS) is 14.1. The minimum Gasteiger partial charge on any atom is -0.493 e. The van der Waals surface area contributed by atoms with E-state index in [4.69, 9.17) is 4.74 Å². The van der Waals surface area contributed by atoms with Crippen LogP contribution in [-0.2, 0) is 0 Å². The summed E-state index contributed by atoms with van der Waals surface area (Å²) in [5.74, 6) is 1.63. The van der Waals surface area contributed by atoms with Gasteiger partial charge in [0, 0.05) is 0 Å². The lowest BCUT2D eigenvalue weighted by atomic mass is 9.92. The Morgan fingerprint density at radius 3 is 1.83 bits per heavy atom. The van der Waals surface area contributed by atoms with Crippen LogP contribution in [0.1, 0.15) is 78.4 Å². The zero-order valence-electron chi connectivity index (χ0n) is 19.2. The molecule has 0 radical (unpaired) electrons. The molecule has 2 aromatic rings. The van der Waals surface area contributed by atoms with Gasteiger partial charge in [-0.05, 0) is 85.6 Å². The first kappa shape index (κ1) is 23.0. The third kappa shape index (κ3) is 6.63. The monoisotopic (exact) mass is 390 g/mol. The van der Waals surface area contributed by atoms with Gasteiger partial charge in [0.15, 0.2) is 0 Å². The summed E-state index contributed by atoms with van der Waals surface area (Å²) in [6.45, 7) is 14.2. The summed E-state index contributed by atoms with van der Waals surface area (Å²) in [6, 6.07) is 19.2. The molecule has 1 atom stereocenters. The first-order chi connectivity index (χ1) is 14.0. The summed E-state index contributed by atoms with van der Waals surface area (Å²) in [4.78, 5) is 0. The van der Waals surface area contributed by atoms with E-state index in [1.165, 1.54) is 59.1 Å². The van der Waals surface area contributed by atoms with Gasteiger partial charge in [-0.3, -0.25) is 0 Å². The number of rotatable bonds is 10. The number of hydrogen-bond acceptors (Lipinski definition) is 1. The van der Waals surface area contributed by atoms with Gasteiger partial charge in [0.2, 0.25) is 0 Å². The second-order valence-corrected chi connectivity index (χ2v) is 8.12. The van der Waals surface area contributed by atoms with Crippen LogP contribution in [0.5, 0.6) is 5.75 Å². The molecule has 1 heteroatoms. The van der Waals surface area contributed by atoms with Crippen molar-refractivity contribution in [1.82, 2.24) is 0 Å². The Labute approximate surface area is 178 Å².